The van der Waals surface area contributed by atoms with Crippen molar-refractivity contribution in [2.45, 2.75) is 46.3 Å². The van der Waals surface area contributed by atoms with Gasteiger partial charge in [0.25, 0.3) is 0 Å². The molecule has 0 spiro atoms. The fraction of sp³-hybridized carbons (Fsp3) is 0.320. The van der Waals surface area contributed by atoms with E-state index in [0.717, 1.165) is 17.5 Å². The number of rotatable bonds is 8. The second-order valence-electron chi connectivity index (χ2n) is 7.97. The summed E-state index contributed by atoms with van der Waals surface area (Å²) in [7, 11) is 0. The van der Waals surface area contributed by atoms with Gasteiger partial charge in [-0.05, 0) is 29.5 Å². The van der Waals surface area contributed by atoms with Gasteiger partial charge in [-0.2, -0.15) is 0 Å². The highest BCUT2D eigenvalue weighted by molar-refractivity contribution is 6.33. The number of aryl methyl sites for hydroxylation is 1. The molecular formula is C25H26ClNO6. The molecule has 1 N–H and O–H groups in total. The molecule has 3 aromatic rings. The molecule has 0 aliphatic heterocycles. The van der Waals surface area contributed by atoms with E-state index in [1.54, 1.807) is 19.9 Å². The van der Waals surface area contributed by atoms with Gasteiger partial charge in [0.05, 0.1) is 5.02 Å². The fourth-order valence-electron chi connectivity index (χ4n) is 3.34. The Kier molecular flexibility index (Phi) is 8.11. The molecule has 3 rings (SSSR count). The zero-order chi connectivity index (χ0) is 24.0. The van der Waals surface area contributed by atoms with Crippen LogP contribution in [0, 0.1) is 5.92 Å². The SMILES string of the molecule is CCCc1cc(=O)oc2cc(OC(=O)[C@H](NC(=O)OCc3ccccc3)C(C)C)c(Cl)cc12. The van der Waals surface area contributed by atoms with Crippen molar-refractivity contribution in [2.75, 3.05) is 0 Å². The molecule has 174 valence electrons. The minimum Gasteiger partial charge on any atom is -0.445 e. The molecular weight excluding hydrogens is 446 g/mol. The molecule has 33 heavy (non-hydrogen) atoms. The van der Waals surface area contributed by atoms with Gasteiger partial charge in [0, 0.05) is 17.5 Å². The van der Waals surface area contributed by atoms with Gasteiger partial charge in [-0.15, -0.1) is 0 Å². The quantitative estimate of drug-likeness (QED) is 0.274. The van der Waals surface area contributed by atoms with E-state index in [4.69, 9.17) is 25.5 Å². The first-order valence-electron chi connectivity index (χ1n) is 10.7. The van der Waals surface area contributed by atoms with Crippen LogP contribution in [-0.2, 0) is 22.6 Å². The van der Waals surface area contributed by atoms with Crippen LogP contribution in [0.15, 0.2) is 57.7 Å². The van der Waals surface area contributed by atoms with Crippen molar-refractivity contribution in [3.05, 3.63) is 75.1 Å². The largest absolute Gasteiger partial charge is 0.445 e. The predicted molar refractivity (Wildman–Crippen MR) is 126 cm³/mol. The molecule has 1 atom stereocenters. The molecule has 0 bridgehead atoms. The van der Waals surface area contributed by atoms with E-state index >= 15 is 0 Å². The van der Waals surface area contributed by atoms with Gasteiger partial charge >= 0.3 is 17.7 Å². The summed E-state index contributed by atoms with van der Waals surface area (Å²) in [6.45, 7) is 5.60. The van der Waals surface area contributed by atoms with E-state index in [9.17, 15) is 14.4 Å². The number of carbonyl (C=O) groups is 2. The van der Waals surface area contributed by atoms with E-state index in [1.165, 1.54) is 12.1 Å². The lowest BCUT2D eigenvalue weighted by Gasteiger charge is -2.21. The number of halogens is 1. The number of nitrogens with one attached hydrogen (secondary N) is 1. The van der Waals surface area contributed by atoms with E-state index in [1.807, 2.05) is 37.3 Å². The minimum absolute atomic E-state index is 0.0380. The third kappa shape index (κ3) is 6.35. The van der Waals surface area contributed by atoms with Gasteiger partial charge in [0.2, 0.25) is 0 Å². The van der Waals surface area contributed by atoms with Crippen LogP contribution in [0.3, 0.4) is 0 Å². The number of hydrogen-bond acceptors (Lipinski definition) is 6. The van der Waals surface area contributed by atoms with Crippen molar-refractivity contribution < 1.29 is 23.5 Å². The average Bonchev–Trinajstić information content (AvgIpc) is 2.77. The highest BCUT2D eigenvalue weighted by Gasteiger charge is 2.28. The topological polar surface area (TPSA) is 94.8 Å². The number of amides is 1. The summed E-state index contributed by atoms with van der Waals surface area (Å²) in [5, 5.41) is 3.42. The minimum atomic E-state index is -0.974. The van der Waals surface area contributed by atoms with Gasteiger partial charge in [-0.3, -0.25) is 0 Å². The van der Waals surface area contributed by atoms with Crippen LogP contribution in [0.5, 0.6) is 5.75 Å². The normalized spacial score (nSPS) is 11.9. The number of esters is 1. The van der Waals surface area contributed by atoms with Crippen molar-refractivity contribution >= 4 is 34.6 Å². The van der Waals surface area contributed by atoms with Crippen molar-refractivity contribution in [3.8, 4) is 5.75 Å². The van der Waals surface area contributed by atoms with Crippen molar-refractivity contribution in [1.29, 1.82) is 0 Å². The lowest BCUT2D eigenvalue weighted by atomic mass is 10.0. The molecule has 0 saturated carbocycles. The Bertz CT molecular complexity index is 1190. The molecule has 8 heteroatoms. The van der Waals surface area contributed by atoms with E-state index < -0.39 is 23.7 Å². The van der Waals surface area contributed by atoms with Crippen molar-refractivity contribution in [3.63, 3.8) is 0 Å². The first kappa shape index (κ1) is 24.3. The zero-order valence-electron chi connectivity index (χ0n) is 18.7. The number of hydrogen-bond donors (Lipinski definition) is 1. The number of carbonyl (C=O) groups excluding carboxylic acids is 2. The van der Waals surface area contributed by atoms with Crippen LogP contribution in [0.25, 0.3) is 11.0 Å². The van der Waals surface area contributed by atoms with Crippen LogP contribution in [-0.4, -0.2) is 18.1 Å². The summed E-state index contributed by atoms with van der Waals surface area (Å²) in [4.78, 5) is 37.0. The molecule has 7 nitrogen and oxygen atoms in total. The number of fused-ring (bicyclic) bond motifs is 1. The maximum absolute atomic E-state index is 12.8. The molecule has 0 aliphatic carbocycles. The Morgan fingerprint density at radius 2 is 1.85 bits per heavy atom. The highest BCUT2D eigenvalue weighted by atomic mass is 35.5. The predicted octanol–water partition coefficient (Wildman–Crippen LogP) is 5.26. The molecule has 0 saturated heterocycles. The van der Waals surface area contributed by atoms with E-state index in [-0.39, 0.29) is 28.9 Å². The van der Waals surface area contributed by atoms with Gasteiger partial charge in [0.1, 0.15) is 18.2 Å². The first-order chi connectivity index (χ1) is 15.8. The molecule has 0 unspecified atom stereocenters. The second kappa shape index (κ2) is 11.0. The summed E-state index contributed by atoms with van der Waals surface area (Å²) in [6, 6.07) is 12.7. The number of alkyl carbamates (subject to hydrolysis) is 1. The smallest absolute Gasteiger partial charge is 0.408 e. The summed E-state index contributed by atoms with van der Waals surface area (Å²) in [6.07, 6.45) is 0.783. The van der Waals surface area contributed by atoms with Crippen LogP contribution < -0.4 is 15.7 Å². The van der Waals surface area contributed by atoms with Crippen LogP contribution >= 0.6 is 11.6 Å². The zero-order valence-corrected chi connectivity index (χ0v) is 19.5. The molecule has 1 aromatic heterocycles. The summed E-state index contributed by atoms with van der Waals surface area (Å²) in [5.41, 5.74) is 1.41. The van der Waals surface area contributed by atoms with E-state index in [2.05, 4.69) is 5.32 Å². The molecule has 0 radical (unpaired) electrons. The molecule has 1 heterocycles. The molecule has 2 aromatic carbocycles. The third-order valence-electron chi connectivity index (χ3n) is 5.02. The Labute approximate surface area is 196 Å². The maximum atomic E-state index is 12.8. The Balaban J connectivity index is 1.75. The molecule has 1 amide bonds. The lowest BCUT2D eigenvalue weighted by Crippen LogP contribution is -2.46. The maximum Gasteiger partial charge on any atom is 0.408 e. The lowest BCUT2D eigenvalue weighted by molar-refractivity contribution is -0.137. The Morgan fingerprint density at radius 1 is 1.12 bits per heavy atom. The van der Waals surface area contributed by atoms with Gasteiger partial charge in [-0.25, -0.2) is 14.4 Å². The highest BCUT2D eigenvalue weighted by Crippen LogP contribution is 2.32. The number of benzene rings is 2. The average molecular weight is 472 g/mol. The third-order valence-corrected chi connectivity index (χ3v) is 5.31. The monoisotopic (exact) mass is 471 g/mol. The molecule has 0 fully saturated rings. The van der Waals surface area contributed by atoms with Crippen molar-refractivity contribution in [1.82, 2.24) is 5.32 Å². The van der Waals surface area contributed by atoms with Crippen molar-refractivity contribution in [2.24, 2.45) is 5.92 Å². The molecule has 0 aliphatic rings. The van der Waals surface area contributed by atoms with Gasteiger partial charge in [-0.1, -0.05) is 69.1 Å². The van der Waals surface area contributed by atoms with Crippen LogP contribution in [0.4, 0.5) is 4.79 Å². The first-order valence-corrected chi connectivity index (χ1v) is 11.1. The fourth-order valence-corrected chi connectivity index (χ4v) is 3.55. The standard InChI is InChI=1S/C25H26ClNO6/c1-4-8-17-11-22(28)32-20-13-21(19(26)12-18(17)20)33-24(29)23(15(2)3)27-25(30)31-14-16-9-6-5-7-10-16/h5-7,9-13,15,23H,4,8,14H2,1-3H3,(H,27,30)/t23-/m1/s1. The summed E-state index contributed by atoms with van der Waals surface area (Å²) < 4.78 is 16.0. The summed E-state index contributed by atoms with van der Waals surface area (Å²) >= 11 is 6.36. The second-order valence-corrected chi connectivity index (χ2v) is 8.38. The Hall–Kier alpha value is -3.32. The van der Waals surface area contributed by atoms with E-state index in [0.29, 0.717) is 11.8 Å². The number of ether oxygens (including phenoxy) is 2. The van der Waals surface area contributed by atoms with Crippen LogP contribution in [0.2, 0.25) is 5.02 Å². The van der Waals surface area contributed by atoms with Gasteiger partial charge < -0.3 is 19.2 Å². The van der Waals surface area contributed by atoms with Gasteiger partial charge in [0.15, 0.2) is 5.75 Å². The summed E-state index contributed by atoms with van der Waals surface area (Å²) in [5.74, 6) is -0.957. The Morgan fingerprint density at radius 3 is 2.52 bits per heavy atom. The van der Waals surface area contributed by atoms with Crippen LogP contribution in [0.1, 0.15) is 38.3 Å².